The number of hydrogen-bond donors (Lipinski definition) is 1. The molecule has 1 aliphatic rings. The standard InChI is InChI=1S/C25H25N5O3S/c31-24(27-25-26-18-29(28-25)17-19-6-2-1-3-7-19)21-12-14-30(15-13-21)34(32,33)23-11-10-20-8-4-5-9-22(20)16-23/h1-11,16,18,21H,12-15,17H2,(H,27,28,31). The molecule has 34 heavy (non-hydrogen) atoms. The van der Waals surface area contributed by atoms with Crippen molar-refractivity contribution < 1.29 is 13.2 Å². The van der Waals surface area contributed by atoms with Crippen LogP contribution in [0.3, 0.4) is 0 Å². The van der Waals surface area contributed by atoms with Crippen LogP contribution in [-0.4, -0.2) is 46.5 Å². The van der Waals surface area contributed by atoms with E-state index in [0.717, 1.165) is 16.3 Å². The average Bonchev–Trinajstić information content (AvgIpc) is 3.30. The van der Waals surface area contributed by atoms with E-state index in [1.807, 2.05) is 60.7 Å². The maximum atomic E-state index is 13.2. The van der Waals surface area contributed by atoms with E-state index < -0.39 is 10.0 Å². The molecular weight excluding hydrogens is 450 g/mol. The second kappa shape index (κ2) is 9.36. The molecule has 1 aromatic heterocycles. The van der Waals surface area contributed by atoms with Crippen LogP contribution in [0.2, 0.25) is 0 Å². The van der Waals surface area contributed by atoms with Gasteiger partial charge in [-0.15, -0.1) is 5.10 Å². The molecule has 8 nitrogen and oxygen atoms in total. The molecular formula is C25H25N5O3S. The first kappa shape index (κ1) is 22.2. The maximum Gasteiger partial charge on any atom is 0.248 e. The third kappa shape index (κ3) is 4.71. The maximum absolute atomic E-state index is 13.2. The van der Waals surface area contributed by atoms with Crippen molar-refractivity contribution in [2.75, 3.05) is 18.4 Å². The lowest BCUT2D eigenvalue weighted by Crippen LogP contribution is -2.41. The number of aromatic nitrogens is 3. The molecule has 0 radical (unpaired) electrons. The van der Waals surface area contributed by atoms with Crippen molar-refractivity contribution in [1.82, 2.24) is 19.1 Å². The fourth-order valence-corrected chi connectivity index (χ4v) is 5.75. The quantitative estimate of drug-likeness (QED) is 0.460. The summed E-state index contributed by atoms with van der Waals surface area (Å²) in [6.07, 6.45) is 2.48. The van der Waals surface area contributed by atoms with E-state index in [1.54, 1.807) is 23.1 Å². The molecule has 5 rings (SSSR count). The fourth-order valence-electron chi connectivity index (χ4n) is 4.25. The van der Waals surface area contributed by atoms with Gasteiger partial charge in [0, 0.05) is 19.0 Å². The van der Waals surface area contributed by atoms with Crippen molar-refractivity contribution in [2.24, 2.45) is 5.92 Å². The number of hydrogen-bond acceptors (Lipinski definition) is 5. The summed E-state index contributed by atoms with van der Waals surface area (Å²) in [7, 11) is -3.61. The third-order valence-corrected chi connectivity index (χ3v) is 8.04. The molecule has 1 amide bonds. The average molecular weight is 476 g/mol. The lowest BCUT2D eigenvalue weighted by atomic mass is 9.97. The Labute approximate surface area is 198 Å². The Hall–Kier alpha value is -3.56. The van der Waals surface area contributed by atoms with E-state index in [4.69, 9.17) is 0 Å². The predicted molar refractivity (Wildman–Crippen MR) is 130 cm³/mol. The zero-order valence-electron chi connectivity index (χ0n) is 18.5. The summed E-state index contributed by atoms with van der Waals surface area (Å²) in [4.78, 5) is 17.2. The number of nitrogens with one attached hydrogen (secondary N) is 1. The van der Waals surface area contributed by atoms with Gasteiger partial charge in [-0.05, 0) is 41.3 Å². The molecule has 3 aromatic carbocycles. The first-order chi connectivity index (χ1) is 16.5. The van der Waals surface area contributed by atoms with Gasteiger partial charge in [0.2, 0.25) is 21.9 Å². The molecule has 4 aromatic rings. The van der Waals surface area contributed by atoms with Gasteiger partial charge in [-0.2, -0.15) is 4.31 Å². The van der Waals surface area contributed by atoms with Gasteiger partial charge in [-0.25, -0.2) is 18.1 Å². The molecule has 1 aliphatic heterocycles. The number of fused-ring (bicyclic) bond motifs is 1. The van der Waals surface area contributed by atoms with E-state index in [0.29, 0.717) is 32.5 Å². The third-order valence-electron chi connectivity index (χ3n) is 6.14. The Morgan fingerprint density at radius 1 is 0.941 bits per heavy atom. The molecule has 0 bridgehead atoms. The lowest BCUT2D eigenvalue weighted by molar-refractivity contribution is -0.121. The summed E-state index contributed by atoms with van der Waals surface area (Å²) < 4.78 is 29.4. The molecule has 9 heteroatoms. The highest BCUT2D eigenvalue weighted by Crippen LogP contribution is 2.26. The Morgan fingerprint density at radius 2 is 1.65 bits per heavy atom. The van der Waals surface area contributed by atoms with Gasteiger partial charge in [-0.3, -0.25) is 10.1 Å². The molecule has 1 saturated heterocycles. The number of sulfonamides is 1. The van der Waals surface area contributed by atoms with E-state index in [9.17, 15) is 13.2 Å². The summed E-state index contributed by atoms with van der Waals surface area (Å²) in [5.41, 5.74) is 1.09. The number of carbonyl (C=O) groups is 1. The monoisotopic (exact) mass is 475 g/mol. The Morgan fingerprint density at radius 3 is 2.41 bits per heavy atom. The first-order valence-electron chi connectivity index (χ1n) is 11.2. The zero-order chi connectivity index (χ0) is 23.5. The number of rotatable bonds is 6. The number of piperidine rings is 1. The van der Waals surface area contributed by atoms with Crippen LogP contribution in [0.5, 0.6) is 0 Å². The topological polar surface area (TPSA) is 97.2 Å². The highest BCUT2D eigenvalue weighted by molar-refractivity contribution is 7.89. The van der Waals surface area contributed by atoms with Crippen LogP contribution in [0.15, 0.2) is 84.0 Å². The normalized spacial score (nSPS) is 15.4. The van der Waals surface area contributed by atoms with E-state index in [2.05, 4.69) is 15.4 Å². The molecule has 0 saturated carbocycles. The van der Waals surface area contributed by atoms with Crippen LogP contribution in [0.4, 0.5) is 5.95 Å². The Balaban J connectivity index is 1.19. The van der Waals surface area contributed by atoms with Crippen LogP contribution in [0, 0.1) is 5.92 Å². The summed E-state index contributed by atoms with van der Waals surface area (Å²) >= 11 is 0. The molecule has 0 aliphatic carbocycles. The van der Waals surface area contributed by atoms with Crippen LogP contribution in [0.25, 0.3) is 10.8 Å². The van der Waals surface area contributed by atoms with Gasteiger partial charge in [0.05, 0.1) is 11.4 Å². The van der Waals surface area contributed by atoms with Gasteiger partial charge in [0.25, 0.3) is 0 Å². The van der Waals surface area contributed by atoms with Crippen molar-refractivity contribution in [3.8, 4) is 0 Å². The Bertz CT molecular complexity index is 1410. The lowest BCUT2D eigenvalue weighted by Gasteiger charge is -2.30. The second-order valence-corrected chi connectivity index (χ2v) is 10.4. The number of benzene rings is 3. The summed E-state index contributed by atoms with van der Waals surface area (Å²) in [6, 6.07) is 22.7. The number of anilines is 1. The highest BCUT2D eigenvalue weighted by Gasteiger charge is 2.32. The summed E-state index contributed by atoms with van der Waals surface area (Å²) in [6.45, 7) is 1.15. The zero-order valence-corrected chi connectivity index (χ0v) is 19.4. The number of amides is 1. The van der Waals surface area contributed by atoms with Crippen LogP contribution >= 0.6 is 0 Å². The van der Waals surface area contributed by atoms with Crippen molar-refractivity contribution in [3.05, 3.63) is 84.7 Å². The largest absolute Gasteiger partial charge is 0.293 e. The predicted octanol–water partition coefficient (Wildman–Crippen LogP) is 3.52. The molecule has 2 heterocycles. The SMILES string of the molecule is O=C(Nc1ncn(Cc2ccccc2)n1)C1CCN(S(=O)(=O)c2ccc3ccccc3c2)CC1. The van der Waals surface area contributed by atoms with E-state index >= 15 is 0 Å². The fraction of sp³-hybridized carbons (Fsp3) is 0.240. The van der Waals surface area contributed by atoms with Crippen molar-refractivity contribution in [1.29, 1.82) is 0 Å². The van der Waals surface area contributed by atoms with Crippen molar-refractivity contribution in [2.45, 2.75) is 24.3 Å². The van der Waals surface area contributed by atoms with Gasteiger partial charge in [0.15, 0.2) is 0 Å². The smallest absolute Gasteiger partial charge is 0.248 e. The molecule has 0 atom stereocenters. The van der Waals surface area contributed by atoms with E-state index in [-0.39, 0.29) is 22.7 Å². The Kier molecular flexibility index (Phi) is 6.12. The highest BCUT2D eigenvalue weighted by atomic mass is 32.2. The van der Waals surface area contributed by atoms with Gasteiger partial charge in [-0.1, -0.05) is 60.7 Å². The van der Waals surface area contributed by atoms with Crippen molar-refractivity contribution in [3.63, 3.8) is 0 Å². The number of nitrogens with zero attached hydrogens (tertiary/aromatic N) is 4. The molecule has 0 unspecified atom stereocenters. The van der Waals surface area contributed by atoms with Gasteiger partial charge in [0.1, 0.15) is 6.33 Å². The van der Waals surface area contributed by atoms with E-state index in [1.165, 1.54) is 4.31 Å². The second-order valence-electron chi connectivity index (χ2n) is 8.43. The minimum Gasteiger partial charge on any atom is -0.293 e. The summed E-state index contributed by atoms with van der Waals surface area (Å²) in [5.74, 6) is -0.212. The minimum absolute atomic E-state index is 0.180. The molecule has 1 fully saturated rings. The number of carbonyl (C=O) groups excluding carboxylic acids is 1. The molecule has 1 N–H and O–H groups in total. The summed E-state index contributed by atoms with van der Waals surface area (Å²) in [5, 5.41) is 8.98. The van der Waals surface area contributed by atoms with Crippen LogP contribution in [-0.2, 0) is 21.4 Å². The van der Waals surface area contributed by atoms with Crippen LogP contribution < -0.4 is 5.32 Å². The molecule has 0 spiro atoms. The van der Waals surface area contributed by atoms with Crippen molar-refractivity contribution >= 4 is 32.7 Å². The van der Waals surface area contributed by atoms with Crippen LogP contribution in [0.1, 0.15) is 18.4 Å². The first-order valence-corrected chi connectivity index (χ1v) is 12.7. The van der Waals surface area contributed by atoms with Gasteiger partial charge >= 0.3 is 0 Å². The van der Waals surface area contributed by atoms with Gasteiger partial charge < -0.3 is 0 Å². The molecule has 174 valence electrons. The minimum atomic E-state index is -3.61.